The van der Waals surface area contributed by atoms with Crippen LogP contribution in [0.2, 0.25) is 0 Å². The number of amides is 1. The molecule has 23 heavy (non-hydrogen) atoms. The predicted molar refractivity (Wildman–Crippen MR) is 88.4 cm³/mol. The van der Waals surface area contributed by atoms with Crippen molar-refractivity contribution in [1.29, 1.82) is 0 Å². The van der Waals surface area contributed by atoms with Gasteiger partial charge in [-0.15, -0.1) is 5.10 Å². The third kappa shape index (κ3) is 3.72. The van der Waals surface area contributed by atoms with Crippen LogP contribution in [0.3, 0.4) is 0 Å². The van der Waals surface area contributed by atoms with Crippen molar-refractivity contribution >= 4 is 5.91 Å². The molecule has 0 aromatic carbocycles. The lowest BCUT2D eigenvalue weighted by Crippen LogP contribution is -2.48. The molecule has 3 rings (SSSR count). The molecule has 0 bridgehead atoms. The van der Waals surface area contributed by atoms with Crippen molar-refractivity contribution in [2.75, 3.05) is 32.7 Å². The summed E-state index contributed by atoms with van der Waals surface area (Å²) in [6.07, 6.45) is 6.05. The van der Waals surface area contributed by atoms with Gasteiger partial charge in [0.05, 0.1) is 12.2 Å². The smallest absolute Gasteiger partial charge is 0.276 e. The van der Waals surface area contributed by atoms with Crippen LogP contribution in [0, 0.1) is 0 Å². The first-order valence-electron chi connectivity index (χ1n) is 8.73. The summed E-state index contributed by atoms with van der Waals surface area (Å²) in [5.41, 5.74) is 0.313. The maximum absolute atomic E-state index is 12.9. The first-order valence-corrected chi connectivity index (χ1v) is 8.73. The molecule has 0 aliphatic carbocycles. The van der Waals surface area contributed by atoms with Gasteiger partial charge in [-0.25, -0.2) is 4.68 Å². The molecule has 2 aliphatic heterocycles. The Balaban J connectivity index is 1.74. The van der Waals surface area contributed by atoms with Crippen LogP contribution in [0.5, 0.6) is 0 Å². The van der Waals surface area contributed by atoms with E-state index in [4.69, 9.17) is 0 Å². The van der Waals surface area contributed by atoms with Gasteiger partial charge in [0.2, 0.25) is 0 Å². The van der Waals surface area contributed by atoms with E-state index >= 15 is 0 Å². The molecule has 1 amide bonds. The van der Waals surface area contributed by atoms with Gasteiger partial charge in [0.25, 0.3) is 5.91 Å². The zero-order valence-corrected chi connectivity index (χ0v) is 14.2. The average molecular weight is 320 g/mol. The summed E-state index contributed by atoms with van der Waals surface area (Å²) >= 11 is 0. The van der Waals surface area contributed by atoms with Crippen LogP contribution in [-0.2, 0) is 0 Å². The number of aromatic nitrogens is 3. The topological polar surface area (TPSA) is 75.1 Å². The van der Waals surface area contributed by atoms with E-state index in [1.807, 2.05) is 15.8 Å². The second-order valence-corrected chi connectivity index (χ2v) is 7.19. The van der Waals surface area contributed by atoms with Crippen LogP contribution < -0.4 is 10.6 Å². The number of rotatable bonds is 2. The lowest BCUT2D eigenvalue weighted by Gasteiger charge is -2.36. The second kappa shape index (κ2) is 6.97. The zero-order valence-electron chi connectivity index (χ0n) is 14.2. The third-order valence-electron chi connectivity index (χ3n) is 5.05. The number of hydrogen-bond donors (Lipinski definition) is 2. The van der Waals surface area contributed by atoms with E-state index in [0.717, 1.165) is 51.9 Å². The Kier molecular flexibility index (Phi) is 4.96. The van der Waals surface area contributed by atoms with Crippen LogP contribution in [0.4, 0.5) is 0 Å². The molecule has 3 heterocycles. The van der Waals surface area contributed by atoms with Crippen molar-refractivity contribution in [2.45, 2.75) is 51.1 Å². The van der Waals surface area contributed by atoms with Crippen molar-refractivity contribution in [1.82, 2.24) is 30.5 Å². The van der Waals surface area contributed by atoms with Crippen LogP contribution in [-0.4, -0.2) is 64.1 Å². The molecule has 0 radical (unpaired) electrons. The van der Waals surface area contributed by atoms with Gasteiger partial charge < -0.3 is 15.5 Å². The first-order chi connectivity index (χ1) is 11.1. The van der Waals surface area contributed by atoms with Gasteiger partial charge >= 0.3 is 0 Å². The Labute approximate surface area is 137 Å². The Morgan fingerprint density at radius 3 is 2.91 bits per heavy atom. The van der Waals surface area contributed by atoms with E-state index in [0.29, 0.717) is 18.3 Å². The predicted octanol–water partition coefficient (Wildman–Crippen LogP) is 0.807. The molecule has 0 spiro atoms. The van der Waals surface area contributed by atoms with E-state index in [2.05, 4.69) is 34.8 Å². The highest BCUT2D eigenvalue weighted by Gasteiger charge is 2.34. The Bertz CT molecular complexity index is 532. The summed E-state index contributed by atoms with van der Waals surface area (Å²) < 4.78 is 1.89. The minimum atomic E-state index is -0.156. The van der Waals surface area contributed by atoms with Gasteiger partial charge in [-0.2, -0.15) is 0 Å². The highest BCUT2D eigenvalue weighted by atomic mass is 16.2. The molecule has 1 aromatic rings. The van der Waals surface area contributed by atoms with Crippen molar-refractivity contribution < 1.29 is 4.79 Å². The van der Waals surface area contributed by atoms with Gasteiger partial charge in [0, 0.05) is 18.6 Å². The van der Waals surface area contributed by atoms with Crippen LogP contribution in [0.15, 0.2) is 6.20 Å². The molecule has 2 saturated heterocycles. The van der Waals surface area contributed by atoms with Gasteiger partial charge in [0.15, 0.2) is 5.69 Å². The standard InChI is InChI=1S/C16H28N6O/c1-16(2)6-9-18-10-11-21(16)15(23)14-12-22(20-19-14)13-4-3-7-17-8-5-13/h12-13,17-18H,3-11H2,1-2H3. The average Bonchev–Trinajstić information content (AvgIpc) is 2.74. The summed E-state index contributed by atoms with van der Waals surface area (Å²) in [6.45, 7) is 8.80. The largest absolute Gasteiger partial charge is 0.331 e. The van der Waals surface area contributed by atoms with E-state index in [9.17, 15) is 4.79 Å². The van der Waals surface area contributed by atoms with Crippen LogP contribution in [0.1, 0.15) is 56.1 Å². The molecular weight excluding hydrogens is 292 g/mol. The summed E-state index contributed by atoms with van der Waals surface area (Å²) in [6, 6.07) is 0.345. The van der Waals surface area contributed by atoms with Crippen molar-refractivity contribution in [2.24, 2.45) is 0 Å². The highest BCUT2D eigenvalue weighted by Crippen LogP contribution is 2.23. The summed E-state index contributed by atoms with van der Waals surface area (Å²) in [7, 11) is 0. The fourth-order valence-corrected chi connectivity index (χ4v) is 3.48. The summed E-state index contributed by atoms with van der Waals surface area (Å²) in [5.74, 6) is -0.00306. The maximum Gasteiger partial charge on any atom is 0.276 e. The normalized spacial score (nSPS) is 25.7. The molecule has 1 unspecified atom stereocenters. The molecule has 128 valence electrons. The first kappa shape index (κ1) is 16.4. The van der Waals surface area contributed by atoms with Crippen LogP contribution >= 0.6 is 0 Å². The van der Waals surface area contributed by atoms with Crippen LogP contribution in [0.25, 0.3) is 0 Å². The van der Waals surface area contributed by atoms with E-state index in [1.165, 1.54) is 0 Å². The Morgan fingerprint density at radius 1 is 1.22 bits per heavy atom. The fourth-order valence-electron chi connectivity index (χ4n) is 3.48. The number of carbonyl (C=O) groups is 1. The maximum atomic E-state index is 12.9. The van der Waals surface area contributed by atoms with Gasteiger partial charge in [-0.1, -0.05) is 5.21 Å². The van der Waals surface area contributed by atoms with Crippen molar-refractivity contribution in [3.05, 3.63) is 11.9 Å². The quantitative estimate of drug-likeness (QED) is 0.843. The van der Waals surface area contributed by atoms with Gasteiger partial charge in [-0.3, -0.25) is 4.79 Å². The van der Waals surface area contributed by atoms with Gasteiger partial charge in [-0.05, 0) is 59.2 Å². The zero-order chi connectivity index (χ0) is 16.3. The monoisotopic (exact) mass is 320 g/mol. The molecule has 2 aliphatic rings. The Morgan fingerprint density at radius 2 is 2.04 bits per heavy atom. The summed E-state index contributed by atoms with van der Waals surface area (Å²) in [5, 5.41) is 15.2. The van der Waals surface area contributed by atoms with E-state index < -0.39 is 0 Å². The molecule has 2 N–H and O–H groups in total. The molecule has 1 atom stereocenters. The molecule has 2 fully saturated rings. The van der Waals surface area contributed by atoms with Gasteiger partial charge in [0.1, 0.15) is 0 Å². The molecule has 7 heteroatoms. The number of nitrogens with zero attached hydrogens (tertiary/aromatic N) is 4. The minimum absolute atomic E-state index is 0.00306. The van der Waals surface area contributed by atoms with Crippen molar-refractivity contribution in [3.63, 3.8) is 0 Å². The molecule has 1 aromatic heterocycles. The lowest BCUT2D eigenvalue weighted by molar-refractivity contribution is 0.0562. The fraction of sp³-hybridized carbons (Fsp3) is 0.812. The van der Waals surface area contributed by atoms with Crippen molar-refractivity contribution in [3.8, 4) is 0 Å². The Hall–Kier alpha value is -1.47. The highest BCUT2D eigenvalue weighted by molar-refractivity contribution is 5.92. The summed E-state index contributed by atoms with van der Waals surface area (Å²) in [4.78, 5) is 14.8. The lowest BCUT2D eigenvalue weighted by atomic mass is 9.98. The number of nitrogens with one attached hydrogen (secondary N) is 2. The minimum Gasteiger partial charge on any atom is -0.331 e. The number of hydrogen-bond acceptors (Lipinski definition) is 5. The molecule has 0 saturated carbocycles. The van der Waals surface area contributed by atoms with E-state index in [1.54, 1.807) is 0 Å². The third-order valence-corrected chi connectivity index (χ3v) is 5.05. The molecular formula is C16H28N6O. The number of carbonyl (C=O) groups excluding carboxylic acids is 1. The molecule has 7 nitrogen and oxygen atoms in total. The SMILES string of the molecule is CC1(C)CCNCCN1C(=O)c1cn(C2CCCNCC2)nn1. The second-order valence-electron chi connectivity index (χ2n) is 7.19. The van der Waals surface area contributed by atoms with E-state index in [-0.39, 0.29) is 11.4 Å².